The van der Waals surface area contributed by atoms with Gasteiger partial charge in [0.1, 0.15) is 11.6 Å². The number of ether oxygens (including phenoxy) is 3. The summed E-state index contributed by atoms with van der Waals surface area (Å²) in [5, 5.41) is 12.0. The second-order valence-corrected chi connectivity index (χ2v) is 8.53. The van der Waals surface area contributed by atoms with Crippen LogP contribution in [0.3, 0.4) is 0 Å². The Bertz CT molecular complexity index is 1180. The molecule has 0 aliphatic carbocycles. The fourth-order valence-electron chi connectivity index (χ4n) is 4.08. The van der Waals surface area contributed by atoms with Gasteiger partial charge in [-0.1, -0.05) is 35.6 Å². The second-order valence-electron chi connectivity index (χ2n) is 7.46. The molecule has 33 heavy (non-hydrogen) atoms. The summed E-state index contributed by atoms with van der Waals surface area (Å²) in [5.74, 6) is -0.0552. The third-order valence-electron chi connectivity index (χ3n) is 5.58. The summed E-state index contributed by atoms with van der Waals surface area (Å²) in [6.45, 7) is 0.311. The molecule has 2 heterocycles. The minimum Gasteiger partial charge on any atom is -0.493 e. The van der Waals surface area contributed by atoms with Crippen LogP contribution in [-0.2, 0) is 16.1 Å². The van der Waals surface area contributed by atoms with Crippen LogP contribution in [0.5, 0.6) is 11.5 Å². The van der Waals surface area contributed by atoms with E-state index in [1.54, 1.807) is 57.5 Å². The number of fused-ring (bicyclic) bond motifs is 1. The molecule has 1 aliphatic rings. The largest absolute Gasteiger partial charge is 0.493 e. The zero-order valence-electron chi connectivity index (χ0n) is 18.7. The summed E-state index contributed by atoms with van der Waals surface area (Å²) in [7, 11) is 6.37. The molecule has 0 fully saturated rings. The number of nitrogens with zero attached hydrogens (tertiary/aromatic N) is 3. The van der Waals surface area contributed by atoms with Crippen molar-refractivity contribution in [1.29, 1.82) is 0 Å². The fourth-order valence-corrected chi connectivity index (χ4v) is 4.79. The highest BCUT2D eigenvalue weighted by molar-refractivity contribution is 7.15. The van der Waals surface area contributed by atoms with Gasteiger partial charge >= 0.3 is 0 Å². The number of aromatic nitrogens is 2. The van der Waals surface area contributed by atoms with Gasteiger partial charge in [0, 0.05) is 19.7 Å². The number of benzene rings is 2. The number of anilines is 1. The second kappa shape index (κ2) is 9.55. The first-order chi connectivity index (χ1) is 16.0. The lowest BCUT2D eigenvalue weighted by Gasteiger charge is -2.39. The highest BCUT2D eigenvalue weighted by Gasteiger charge is 2.43. The Morgan fingerprint density at radius 3 is 2.58 bits per heavy atom. The molecule has 9 nitrogen and oxygen atoms in total. The summed E-state index contributed by atoms with van der Waals surface area (Å²) >= 11 is 1.24. The molecule has 0 saturated heterocycles. The molecule has 0 spiro atoms. The molecule has 0 bridgehead atoms. The minimum absolute atomic E-state index is 0.160. The molecule has 2 atom stereocenters. The van der Waals surface area contributed by atoms with Gasteiger partial charge < -0.3 is 19.1 Å². The number of amides is 2. The predicted molar refractivity (Wildman–Crippen MR) is 123 cm³/mol. The van der Waals surface area contributed by atoms with Gasteiger partial charge in [0.2, 0.25) is 11.0 Å². The number of carbonyl (C=O) groups excluding carboxylic acids is 2. The standard InChI is InChI=1S/C23H24N4O5S/c1-27-20(13-9-10-16(31-3)17(11-13)32-4)19(14-7-5-6-8-15(14)22(27)29)21(28)24-23-26-25-18(33-23)12-30-2/h5-11,19-20H,12H2,1-4H3,(H,24,26,28)/t19-,20-/m0/s1. The maximum absolute atomic E-state index is 13.6. The molecule has 0 radical (unpaired) electrons. The van der Waals surface area contributed by atoms with E-state index in [0.717, 1.165) is 5.56 Å². The molecule has 2 aromatic carbocycles. The van der Waals surface area contributed by atoms with Crippen LogP contribution in [0.25, 0.3) is 0 Å². The van der Waals surface area contributed by atoms with Crippen molar-refractivity contribution in [3.05, 3.63) is 64.2 Å². The van der Waals surface area contributed by atoms with E-state index in [-0.39, 0.29) is 11.8 Å². The number of likely N-dealkylation sites (N-methyl/N-ethyl adjacent to an activating group) is 1. The van der Waals surface area contributed by atoms with Gasteiger partial charge in [0.05, 0.1) is 26.2 Å². The summed E-state index contributed by atoms with van der Waals surface area (Å²) < 4.78 is 15.9. The third-order valence-corrected chi connectivity index (χ3v) is 6.39. The van der Waals surface area contributed by atoms with E-state index in [1.165, 1.54) is 11.3 Å². The van der Waals surface area contributed by atoms with Crippen LogP contribution < -0.4 is 14.8 Å². The molecule has 1 N–H and O–H groups in total. The van der Waals surface area contributed by atoms with E-state index in [2.05, 4.69) is 15.5 Å². The molecule has 1 aromatic heterocycles. The van der Waals surface area contributed by atoms with Crippen LogP contribution >= 0.6 is 11.3 Å². The lowest BCUT2D eigenvalue weighted by molar-refractivity contribution is -0.119. The molecule has 2 amide bonds. The van der Waals surface area contributed by atoms with E-state index in [1.807, 2.05) is 18.2 Å². The van der Waals surface area contributed by atoms with Gasteiger partial charge in [-0.15, -0.1) is 10.2 Å². The first-order valence-corrected chi connectivity index (χ1v) is 11.0. The van der Waals surface area contributed by atoms with E-state index >= 15 is 0 Å². The SMILES string of the molecule is COCc1nnc(NC(=O)[C@H]2c3ccccc3C(=O)N(C)[C@H]2c2ccc(OC)c(OC)c2)s1. The lowest BCUT2D eigenvalue weighted by Crippen LogP contribution is -2.44. The fraction of sp³-hybridized carbons (Fsp3) is 0.304. The average Bonchev–Trinajstić information content (AvgIpc) is 3.27. The van der Waals surface area contributed by atoms with E-state index < -0.39 is 12.0 Å². The smallest absolute Gasteiger partial charge is 0.254 e. The highest BCUT2D eigenvalue weighted by atomic mass is 32.1. The Balaban J connectivity index is 1.78. The van der Waals surface area contributed by atoms with Crippen LogP contribution in [0.2, 0.25) is 0 Å². The van der Waals surface area contributed by atoms with Crippen molar-refractivity contribution in [2.45, 2.75) is 18.6 Å². The molecule has 10 heteroatoms. The van der Waals surface area contributed by atoms with E-state index in [9.17, 15) is 9.59 Å². The monoisotopic (exact) mass is 468 g/mol. The van der Waals surface area contributed by atoms with Crippen LogP contribution in [0.15, 0.2) is 42.5 Å². The number of methoxy groups -OCH3 is 3. The van der Waals surface area contributed by atoms with Crippen LogP contribution in [-0.4, -0.2) is 55.3 Å². The first-order valence-electron chi connectivity index (χ1n) is 10.2. The van der Waals surface area contributed by atoms with Crippen molar-refractivity contribution in [2.75, 3.05) is 33.7 Å². The zero-order chi connectivity index (χ0) is 23.5. The van der Waals surface area contributed by atoms with Gasteiger partial charge in [-0.3, -0.25) is 14.9 Å². The molecular weight excluding hydrogens is 444 g/mol. The van der Waals surface area contributed by atoms with Crippen molar-refractivity contribution in [2.24, 2.45) is 0 Å². The van der Waals surface area contributed by atoms with E-state index in [0.29, 0.717) is 39.4 Å². The molecule has 3 aromatic rings. The van der Waals surface area contributed by atoms with Crippen molar-refractivity contribution in [3.63, 3.8) is 0 Å². The predicted octanol–water partition coefficient (Wildman–Crippen LogP) is 3.25. The van der Waals surface area contributed by atoms with Gasteiger partial charge in [-0.2, -0.15) is 0 Å². The van der Waals surface area contributed by atoms with Crippen LogP contribution in [0.4, 0.5) is 5.13 Å². The molecule has 172 valence electrons. The Kier molecular flexibility index (Phi) is 6.57. The van der Waals surface area contributed by atoms with Gasteiger partial charge in [-0.05, 0) is 29.3 Å². The van der Waals surface area contributed by atoms with Crippen molar-refractivity contribution in [1.82, 2.24) is 15.1 Å². The Labute approximate surface area is 195 Å². The van der Waals surface area contributed by atoms with Crippen molar-refractivity contribution in [3.8, 4) is 11.5 Å². The number of nitrogens with one attached hydrogen (secondary N) is 1. The topological polar surface area (TPSA) is 103 Å². The van der Waals surface area contributed by atoms with Crippen molar-refractivity contribution < 1.29 is 23.8 Å². The number of hydrogen-bond donors (Lipinski definition) is 1. The normalized spacial score (nSPS) is 17.5. The Morgan fingerprint density at radius 2 is 1.85 bits per heavy atom. The maximum atomic E-state index is 13.6. The summed E-state index contributed by atoms with van der Waals surface area (Å²) in [4.78, 5) is 28.4. The summed E-state index contributed by atoms with van der Waals surface area (Å²) in [6.07, 6.45) is 0. The zero-order valence-corrected chi connectivity index (χ0v) is 19.5. The summed E-state index contributed by atoms with van der Waals surface area (Å²) in [5.41, 5.74) is 1.89. The molecule has 1 aliphatic heterocycles. The molecule has 0 saturated carbocycles. The quantitative estimate of drug-likeness (QED) is 0.568. The molecule has 4 rings (SSSR count). The Morgan fingerprint density at radius 1 is 1.09 bits per heavy atom. The number of rotatable bonds is 7. The van der Waals surface area contributed by atoms with Crippen LogP contribution in [0, 0.1) is 0 Å². The maximum Gasteiger partial charge on any atom is 0.254 e. The van der Waals surface area contributed by atoms with Crippen molar-refractivity contribution >= 4 is 28.3 Å². The highest BCUT2D eigenvalue weighted by Crippen LogP contribution is 2.44. The molecule has 0 unspecified atom stereocenters. The Hall–Kier alpha value is -3.50. The van der Waals surface area contributed by atoms with Gasteiger partial charge in [-0.25, -0.2) is 0 Å². The lowest BCUT2D eigenvalue weighted by atomic mass is 9.79. The average molecular weight is 469 g/mol. The van der Waals surface area contributed by atoms with Crippen LogP contribution in [0.1, 0.15) is 38.5 Å². The summed E-state index contributed by atoms with van der Waals surface area (Å²) in [6, 6.07) is 12.0. The van der Waals surface area contributed by atoms with Gasteiger partial charge in [0.25, 0.3) is 5.91 Å². The first kappa shape index (κ1) is 22.7. The minimum atomic E-state index is -0.684. The molecular formula is C23H24N4O5S. The number of carbonyl (C=O) groups is 2. The number of hydrogen-bond acceptors (Lipinski definition) is 8. The van der Waals surface area contributed by atoms with Gasteiger partial charge in [0.15, 0.2) is 11.5 Å². The van der Waals surface area contributed by atoms with E-state index in [4.69, 9.17) is 14.2 Å². The third kappa shape index (κ3) is 4.27.